The average molecular weight is 502 g/mol. The first kappa shape index (κ1) is 25.2. The lowest BCUT2D eigenvalue weighted by atomic mass is 9.85. The molecule has 1 atom stereocenters. The molecule has 1 fully saturated rings. The van der Waals surface area contributed by atoms with E-state index in [1.54, 1.807) is 35.8 Å². The van der Waals surface area contributed by atoms with E-state index in [0.717, 1.165) is 32.1 Å². The number of fused-ring (bicyclic) bond motifs is 1. The molecule has 4 rings (SSSR count). The Morgan fingerprint density at radius 2 is 2.00 bits per heavy atom. The third-order valence-corrected chi connectivity index (χ3v) is 7.02. The number of aromatic carboxylic acids is 1. The van der Waals surface area contributed by atoms with Crippen LogP contribution in [0.3, 0.4) is 0 Å². The van der Waals surface area contributed by atoms with E-state index in [4.69, 9.17) is 16.3 Å². The molecule has 3 aromatic rings. The van der Waals surface area contributed by atoms with Gasteiger partial charge in [-0.15, -0.1) is 0 Å². The van der Waals surface area contributed by atoms with Crippen LogP contribution in [0.5, 0.6) is 5.75 Å². The van der Waals surface area contributed by atoms with Gasteiger partial charge in [0.15, 0.2) is 0 Å². The molecule has 2 aromatic carbocycles. The summed E-state index contributed by atoms with van der Waals surface area (Å²) in [5.74, 6) is -1.39. The Morgan fingerprint density at radius 3 is 2.69 bits per heavy atom. The van der Waals surface area contributed by atoms with Gasteiger partial charge in [0.2, 0.25) is 5.43 Å². The lowest BCUT2D eigenvalue weighted by Crippen LogP contribution is -2.29. The summed E-state index contributed by atoms with van der Waals surface area (Å²) in [4.78, 5) is 25.1. The zero-order chi connectivity index (χ0) is 25.1. The maximum atomic E-state index is 14.5. The third-order valence-electron chi connectivity index (χ3n) is 6.73. The van der Waals surface area contributed by atoms with Gasteiger partial charge in [-0.25, -0.2) is 9.18 Å². The Labute approximate surface area is 207 Å². The maximum absolute atomic E-state index is 14.5. The second-order valence-corrected chi connectivity index (χ2v) is 9.51. The van der Waals surface area contributed by atoms with Gasteiger partial charge in [0.25, 0.3) is 0 Å². The molecule has 0 unspecified atom stereocenters. The van der Waals surface area contributed by atoms with Crippen LogP contribution in [0, 0.1) is 11.7 Å². The standard InChI is InChI=1S/C27H29ClFNO5/c1-2-35-23-13-16(11-18-9-6-10-21(28)24(18)29)12-19-25(23)30(14-20(26(19)32)27(33)34)15-22(31)17-7-4-3-5-8-17/h6,9-10,12-14,17,22,31H,2-5,7-8,11,15H2,1H3,(H,33,34)/t22-/m0/s1. The van der Waals surface area contributed by atoms with Crippen LogP contribution < -0.4 is 10.2 Å². The summed E-state index contributed by atoms with van der Waals surface area (Å²) < 4.78 is 22.0. The fraction of sp³-hybridized carbons (Fsp3) is 0.407. The molecule has 2 N–H and O–H groups in total. The molecule has 0 spiro atoms. The number of rotatable bonds is 8. The van der Waals surface area contributed by atoms with E-state index in [2.05, 4.69) is 0 Å². The van der Waals surface area contributed by atoms with Gasteiger partial charge in [-0.2, -0.15) is 0 Å². The van der Waals surface area contributed by atoms with Crippen molar-refractivity contribution in [1.82, 2.24) is 4.57 Å². The number of nitrogens with zero attached hydrogens (tertiary/aromatic N) is 1. The molecule has 186 valence electrons. The van der Waals surface area contributed by atoms with Crippen molar-refractivity contribution < 1.29 is 24.1 Å². The topological polar surface area (TPSA) is 88.8 Å². The second kappa shape index (κ2) is 10.8. The molecule has 0 aliphatic heterocycles. The summed E-state index contributed by atoms with van der Waals surface area (Å²) in [6, 6.07) is 8.03. The molecule has 1 heterocycles. The molecule has 0 saturated heterocycles. The molecule has 6 nitrogen and oxygen atoms in total. The van der Waals surface area contributed by atoms with Crippen LogP contribution in [-0.4, -0.2) is 33.5 Å². The Bertz CT molecular complexity index is 1300. The number of carbonyl (C=O) groups is 1. The first-order chi connectivity index (χ1) is 16.8. The zero-order valence-electron chi connectivity index (χ0n) is 19.6. The van der Waals surface area contributed by atoms with Crippen LogP contribution in [0.15, 0.2) is 41.3 Å². The largest absolute Gasteiger partial charge is 0.492 e. The first-order valence-electron chi connectivity index (χ1n) is 12.0. The van der Waals surface area contributed by atoms with E-state index in [0.29, 0.717) is 29.0 Å². The summed E-state index contributed by atoms with van der Waals surface area (Å²) in [5, 5.41) is 20.8. The van der Waals surface area contributed by atoms with Gasteiger partial charge in [-0.1, -0.05) is 43.0 Å². The van der Waals surface area contributed by atoms with Crippen LogP contribution in [0.25, 0.3) is 10.9 Å². The lowest BCUT2D eigenvalue weighted by Gasteiger charge is -2.28. The quantitative estimate of drug-likeness (QED) is 0.430. The van der Waals surface area contributed by atoms with Crippen LogP contribution in [0.1, 0.15) is 60.5 Å². The monoisotopic (exact) mass is 501 g/mol. The predicted molar refractivity (Wildman–Crippen MR) is 133 cm³/mol. The molecule has 1 aromatic heterocycles. The van der Waals surface area contributed by atoms with Gasteiger partial charge < -0.3 is 19.5 Å². The minimum Gasteiger partial charge on any atom is -0.492 e. The smallest absolute Gasteiger partial charge is 0.341 e. The van der Waals surface area contributed by atoms with Gasteiger partial charge in [-0.05, 0) is 55.0 Å². The normalized spacial score (nSPS) is 15.3. The van der Waals surface area contributed by atoms with Crippen LogP contribution >= 0.6 is 11.6 Å². The molecule has 35 heavy (non-hydrogen) atoms. The Kier molecular flexibility index (Phi) is 7.77. The summed E-state index contributed by atoms with van der Waals surface area (Å²) in [5.41, 5.74) is 0.321. The molecule has 0 amide bonds. The SMILES string of the molecule is CCOc1cc(Cc2cccc(Cl)c2F)cc2c(=O)c(C(=O)O)cn(C[C@H](O)C3CCCCC3)c12. The number of ether oxygens (including phenoxy) is 1. The average Bonchev–Trinajstić information content (AvgIpc) is 2.84. The molecule has 0 radical (unpaired) electrons. The Hall–Kier alpha value is -2.90. The number of pyridine rings is 1. The van der Waals surface area contributed by atoms with E-state index < -0.39 is 23.3 Å². The highest BCUT2D eigenvalue weighted by molar-refractivity contribution is 6.30. The van der Waals surface area contributed by atoms with Crippen LogP contribution in [0.2, 0.25) is 5.02 Å². The van der Waals surface area contributed by atoms with Gasteiger partial charge in [-0.3, -0.25) is 4.79 Å². The maximum Gasteiger partial charge on any atom is 0.341 e. The molecule has 1 aliphatic rings. The molecule has 0 bridgehead atoms. The van der Waals surface area contributed by atoms with Crippen LogP contribution in [-0.2, 0) is 13.0 Å². The number of carboxylic acid groups (broad SMARTS) is 1. The lowest BCUT2D eigenvalue weighted by molar-refractivity contribution is 0.0673. The summed E-state index contributed by atoms with van der Waals surface area (Å²) >= 11 is 5.93. The summed E-state index contributed by atoms with van der Waals surface area (Å²) in [6.45, 7) is 2.26. The molecular formula is C27H29ClFNO5. The number of aromatic nitrogens is 1. The highest BCUT2D eigenvalue weighted by atomic mass is 35.5. The van der Waals surface area contributed by atoms with E-state index in [1.165, 1.54) is 12.3 Å². The highest BCUT2D eigenvalue weighted by Gasteiger charge is 2.25. The molecular weight excluding hydrogens is 473 g/mol. The Morgan fingerprint density at radius 1 is 1.26 bits per heavy atom. The van der Waals surface area contributed by atoms with Gasteiger partial charge in [0.05, 0.1) is 28.6 Å². The van der Waals surface area contributed by atoms with E-state index in [1.807, 2.05) is 0 Å². The Balaban J connectivity index is 1.86. The minimum atomic E-state index is -1.35. The highest BCUT2D eigenvalue weighted by Crippen LogP contribution is 2.32. The molecule has 8 heteroatoms. The summed E-state index contributed by atoms with van der Waals surface area (Å²) in [6.07, 6.45) is 5.84. The predicted octanol–water partition coefficient (Wildman–Crippen LogP) is 5.42. The van der Waals surface area contributed by atoms with Crippen molar-refractivity contribution in [3.05, 3.63) is 74.3 Å². The number of hydrogen-bond acceptors (Lipinski definition) is 4. The van der Waals surface area contributed by atoms with Gasteiger partial charge in [0, 0.05) is 19.2 Å². The van der Waals surface area contributed by atoms with Crippen molar-refractivity contribution in [2.45, 2.75) is 58.1 Å². The van der Waals surface area contributed by atoms with Crippen molar-refractivity contribution in [1.29, 1.82) is 0 Å². The second-order valence-electron chi connectivity index (χ2n) is 9.11. The summed E-state index contributed by atoms with van der Waals surface area (Å²) in [7, 11) is 0. The number of aliphatic hydroxyl groups is 1. The molecule has 1 saturated carbocycles. The van der Waals surface area contributed by atoms with Crippen molar-refractivity contribution in [3.8, 4) is 5.75 Å². The van der Waals surface area contributed by atoms with Crippen molar-refractivity contribution in [3.63, 3.8) is 0 Å². The third kappa shape index (κ3) is 5.36. The van der Waals surface area contributed by atoms with Crippen LogP contribution in [0.4, 0.5) is 4.39 Å². The number of benzene rings is 2. The molecule has 1 aliphatic carbocycles. The fourth-order valence-corrected chi connectivity index (χ4v) is 5.19. The van der Waals surface area contributed by atoms with E-state index >= 15 is 0 Å². The van der Waals surface area contributed by atoms with E-state index in [9.17, 15) is 24.2 Å². The van der Waals surface area contributed by atoms with Crippen molar-refractivity contribution >= 4 is 28.5 Å². The van der Waals surface area contributed by atoms with Crippen molar-refractivity contribution in [2.75, 3.05) is 6.61 Å². The van der Waals surface area contributed by atoms with Gasteiger partial charge >= 0.3 is 5.97 Å². The zero-order valence-corrected chi connectivity index (χ0v) is 20.4. The minimum absolute atomic E-state index is 0.000500. The van der Waals surface area contributed by atoms with Crippen molar-refractivity contribution in [2.24, 2.45) is 5.92 Å². The number of hydrogen-bond donors (Lipinski definition) is 2. The van der Waals surface area contributed by atoms with E-state index in [-0.39, 0.29) is 34.9 Å². The fourth-order valence-electron chi connectivity index (χ4n) is 5.00. The number of carboxylic acids is 1. The van der Waals surface area contributed by atoms with Gasteiger partial charge in [0.1, 0.15) is 17.1 Å². The number of halogens is 2. The number of aliphatic hydroxyl groups excluding tert-OH is 1. The first-order valence-corrected chi connectivity index (χ1v) is 12.3.